The average molecular weight is 302 g/mol. The fraction of sp³-hybridized carbons (Fsp3) is 0.615. The van der Waals surface area contributed by atoms with Gasteiger partial charge in [0.25, 0.3) is 5.91 Å². The number of hydrogen-bond acceptors (Lipinski definition) is 2. The van der Waals surface area contributed by atoms with Crippen LogP contribution in [0.5, 0.6) is 0 Å². The van der Waals surface area contributed by atoms with Gasteiger partial charge in [-0.25, -0.2) is 0 Å². The molecule has 1 N–H and O–H groups in total. The number of unbranched alkanes of at least 4 members (excludes halogenated alkanes) is 2. The van der Waals surface area contributed by atoms with E-state index in [-0.39, 0.29) is 5.91 Å². The lowest BCUT2D eigenvalue weighted by molar-refractivity contribution is 0.0951. The van der Waals surface area contributed by atoms with Gasteiger partial charge in [0, 0.05) is 17.4 Å². The molecule has 0 unspecified atom stereocenters. The molecule has 0 aliphatic rings. The number of aryl methyl sites for hydroxylation is 2. The Labute approximate surface area is 111 Å². The molecular formula is C13H20BrNO2. The SMILES string of the molecule is Cc1oc(C)c(C(=O)NCCCCCBr)c1C. The van der Waals surface area contributed by atoms with E-state index < -0.39 is 0 Å². The number of nitrogens with one attached hydrogen (secondary N) is 1. The van der Waals surface area contributed by atoms with Gasteiger partial charge in [-0.05, 0) is 33.6 Å². The highest BCUT2D eigenvalue weighted by molar-refractivity contribution is 9.09. The van der Waals surface area contributed by atoms with Crippen molar-refractivity contribution in [3.05, 3.63) is 22.6 Å². The molecule has 1 heterocycles. The Kier molecular flexibility index (Phi) is 5.75. The fourth-order valence-electron chi connectivity index (χ4n) is 1.81. The van der Waals surface area contributed by atoms with Gasteiger partial charge < -0.3 is 9.73 Å². The van der Waals surface area contributed by atoms with Crippen LogP contribution >= 0.6 is 15.9 Å². The van der Waals surface area contributed by atoms with Crippen molar-refractivity contribution in [2.75, 3.05) is 11.9 Å². The fourth-order valence-corrected chi connectivity index (χ4v) is 2.21. The van der Waals surface area contributed by atoms with Crippen molar-refractivity contribution in [1.82, 2.24) is 5.32 Å². The first kappa shape index (κ1) is 14.3. The molecular weight excluding hydrogens is 282 g/mol. The van der Waals surface area contributed by atoms with Crippen LogP contribution < -0.4 is 5.32 Å². The maximum absolute atomic E-state index is 12.0. The van der Waals surface area contributed by atoms with Crippen LogP contribution in [0.4, 0.5) is 0 Å². The molecule has 0 atom stereocenters. The van der Waals surface area contributed by atoms with Gasteiger partial charge in [0.05, 0.1) is 5.56 Å². The lowest BCUT2D eigenvalue weighted by Gasteiger charge is -2.04. The van der Waals surface area contributed by atoms with Crippen LogP contribution in [0, 0.1) is 20.8 Å². The molecule has 0 aliphatic heterocycles. The average Bonchev–Trinajstić information content (AvgIpc) is 2.53. The lowest BCUT2D eigenvalue weighted by Crippen LogP contribution is -2.25. The Morgan fingerprint density at radius 3 is 2.41 bits per heavy atom. The number of amides is 1. The van der Waals surface area contributed by atoms with Crippen molar-refractivity contribution in [1.29, 1.82) is 0 Å². The number of carbonyl (C=O) groups is 1. The summed E-state index contributed by atoms with van der Waals surface area (Å²) in [4.78, 5) is 12.0. The van der Waals surface area contributed by atoms with Gasteiger partial charge in [0.15, 0.2) is 0 Å². The van der Waals surface area contributed by atoms with E-state index >= 15 is 0 Å². The summed E-state index contributed by atoms with van der Waals surface area (Å²) < 4.78 is 5.44. The normalized spacial score (nSPS) is 10.6. The van der Waals surface area contributed by atoms with Crippen molar-refractivity contribution < 1.29 is 9.21 Å². The summed E-state index contributed by atoms with van der Waals surface area (Å²) in [5.74, 6) is 1.51. The first-order valence-corrected chi connectivity index (χ1v) is 7.10. The number of hydrogen-bond donors (Lipinski definition) is 1. The highest BCUT2D eigenvalue weighted by Crippen LogP contribution is 2.20. The van der Waals surface area contributed by atoms with E-state index in [0.717, 1.165) is 42.5 Å². The van der Waals surface area contributed by atoms with E-state index in [1.165, 1.54) is 0 Å². The van der Waals surface area contributed by atoms with Crippen LogP contribution in [0.1, 0.15) is 46.7 Å². The quantitative estimate of drug-likeness (QED) is 0.645. The number of alkyl halides is 1. The third-order valence-electron chi connectivity index (χ3n) is 2.88. The molecule has 4 heteroatoms. The van der Waals surface area contributed by atoms with Gasteiger partial charge in [-0.2, -0.15) is 0 Å². The summed E-state index contributed by atoms with van der Waals surface area (Å²) in [5, 5.41) is 3.97. The zero-order valence-corrected chi connectivity index (χ0v) is 12.3. The Hall–Kier alpha value is -0.770. The van der Waals surface area contributed by atoms with Crippen LogP contribution in [0.2, 0.25) is 0 Å². The summed E-state index contributed by atoms with van der Waals surface area (Å²) in [6, 6.07) is 0. The van der Waals surface area contributed by atoms with Gasteiger partial charge in [0.1, 0.15) is 11.5 Å². The molecule has 0 aromatic carbocycles. The van der Waals surface area contributed by atoms with Crippen LogP contribution in [0.3, 0.4) is 0 Å². The molecule has 0 saturated heterocycles. The van der Waals surface area contributed by atoms with Crippen LogP contribution in [0.15, 0.2) is 4.42 Å². The maximum Gasteiger partial charge on any atom is 0.255 e. The summed E-state index contributed by atoms with van der Waals surface area (Å²) in [5.41, 5.74) is 1.64. The number of halogens is 1. The predicted octanol–water partition coefficient (Wildman–Crippen LogP) is 3.50. The van der Waals surface area contributed by atoms with Crippen molar-refractivity contribution >= 4 is 21.8 Å². The zero-order chi connectivity index (χ0) is 12.8. The van der Waals surface area contributed by atoms with Crippen LogP contribution in [-0.2, 0) is 0 Å². The highest BCUT2D eigenvalue weighted by atomic mass is 79.9. The third-order valence-corrected chi connectivity index (χ3v) is 3.45. The molecule has 0 aliphatic carbocycles. The van der Waals surface area contributed by atoms with Crippen molar-refractivity contribution in [2.45, 2.75) is 40.0 Å². The lowest BCUT2D eigenvalue weighted by atomic mass is 10.1. The van der Waals surface area contributed by atoms with E-state index in [1.54, 1.807) is 0 Å². The molecule has 1 aromatic heterocycles. The van der Waals surface area contributed by atoms with Gasteiger partial charge in [-0.1, -0.05) is 22.4 Å². The smallest absolute Gasteiger partial charge is 0.255 e. The van der Waals surface area contributed by atoms with E-state index in [4.69, 9.17) is 4.42 Å². The van der Waals surface area contributed by atoms with Gasteiger partial charge >= 0.3 is 0 Å². The van der Waals surface area contributed by atoms with E-state index in [0.29, 0.717) is 11.3 Å². The minimum atomic E-state index is -0.0179. The minimum Gasteiger partial charge on any atom is -0.466 e. The Morgan fingerprint density at radius 2 is 1.88 bits per heavy atom. The van der Waals surface area contributed by atoms with Crippen molar-refractivity contribution in [3.63, 3.8) is 0 Å². The van der Waals surface area contributed by atoms with Crippen LogP contribution in [0.25, 0.3) is 0 Å². The van der Waals surface area contributed by atoms with Gasteiger partial charge in [-0.15, -0.1) is 0 Å². The van der Waals surface area contributed by atoms with E-state index in [2.05, 4.69) is 21.2 Å². The molecule has 0 radical (unpaired) electrons. The first-order valence-electron chi connectivity index (χ1n) is 5.98. The van der Waals surface area contributed by atoms with Crippen molar-refractivity contribution in [2.24, 2.45) is 0 Å². The van der Waals surface area contributed by atoms with E-state index in [9.17, 15) is 4.79 Å². The molecule has 0 saturated carbocycles. The monoisotopic (exact) mass is 301 g/mol. The Bertz CT molecular complexity index is 385. The topological polar surface area (TPSA) is 42.2 Å². The minimum absolute atomic E-state index is 0.0179. The number of carbonyl (C=O) groups excluding carboxylic acids is 1. The third kappa shape index (κ3) is 3.87. The number of furan rings is 1. The molecule has 0 spiro atoms. The molecule has 1 aromatic rings. The Morgan fingerprint density at radius 1 is 1.18 bits per heavy atom. The molecule has 0 bridgehead atoms. The maximum atomic E-state index is 12.0. The summed E-state index contributed by atoms with van der Waals surface area (Å²) in [6.07, 6.45) is 3.30. The molecule has 17 heavy (non-hydrogen) atoms. The second kappa shape index (κ2) is 6.84. The largest absolute Gasteiger partial charge is 0.466 e. The zero-order valence-electron chi connectivity index (χ0n) is 10.7. The highest BCUT2D eigenvalue weighted by Gasteiger charge is 2.17. The summed E-state index contributed by atoms with van der Waals surface area (Å²) in [7, 11) is 0. The van der Waals surface area contributed by atoms with E-state index in [1.807, 2.05) is 20.8 Å². The molecule has 96 valence electrons. The van der Waals surface area contributed by atoms with Crippen LogP contribution in [-0.4, -0.2) is 17.8 Å². The van der Waals surface area contributed by atoms with Crippen molar-refractivity contribution in [3.8, 4) is 0 Å². The first-order chi connectivity index (χ1) is 8.07. The number of rotatable bonds is 6. The Balaban J connectivity index is 2.47. The molecule has 0 fully saturated rings. The molecule has 1 rings (SSSR count). The standard InChI is InChI=1S/C13H20BrNO2/c1-9-10(2)17-11(3)12(9)13(16)15-8-6-4-5-7-14/h4-8H2,1-3H3,(H,15,16). The molecule has 3 nitrogen and oxygen atoms in total. The second-order valence-corrected chi connectivity index (χ2v) is 5.01. The summed E-state index contributed by atoms with van der Waals surface area (Å²) >= 11 is 3.39. The molecule has 1 amide bonds. The van der Waals surface area contributed by atoms with Gasteiger partial charge in [0.2, 0.25) is 0 Å². The van der Waals surface area contributed by atoms with Gasteiger partial charge in [-0.3, -0.25) is 4.79 Å². The predicted molar refractivity (Wildman–Crippen MR) is 72.9 cm³/mol. The second-order valence-electron chi connectivity index (χ2n) is 4.22. The summed E-state index contributed by atoms with van der Waals surface area (Å²) in [6.45, 7) is 6.37.